The molecular formula is C76H47F6N5O2. The first-order valence-electron chi connectivity index (χ1n) is 29.0. The lowest BCUT2D eigenvalue weighted by Crippen LogP contribution is -2.19. The Kier molecular flexibility index (Phi) is 11.2. The van der Waals surface area contributed by atoms with Gasteiger partial charge in [-0.25, -0.2) is 0 Å². The number of halogens is 6. The van der Waals surface area contributed by atoms with Crippen LogP contribution in [-0.2, 0) is 12.4 Å². The lowest BCUT2D eigenvalue weighted by molar-refractivity contribution is -0.143. The van der Waals surface area contributed by atoms with Crippen LogP contribution in [-0.4, -0.2) is 37.1 Å². The molecular weight excluding hydrogens is 1130 g/mol. The number of hydrogen-bond acceptors (Lipinski definition) is 2. The Labute approximate surface area is 502 Å². The molecule has 17 rings (SSSR count). The van der Waals surface area contributed by atoms with Gasteiger partial charge in [0.2, 0.25) is 0 Å². The summed E-state index contributed by atoms with van der Waals surface area (Å²) in [6.45, 7) is 0. The van der Waals surface area contributed by atoms with Crippen molar-refractivity contribution in [2.75, 3.05) is 14.2 Å². The van der Waals surface area contributed by atoms with Crippen molar-refractivity contribution < 1.29 is 35.8 Å². The van der Waals surface area contributed by atoms with E-state index in [0.717, 1.165) is 88.1 Å². The molecule has 0 bridgehead atoms. The zero-order valence-electron chi connectivity index (χ0n) is 47.5. The molecule has 0 saturated carbocycles. The van der Waals surface area contributed by atoms with Crippen LogP contribution < -0.4 is 9.47 Å². The normalized spacial score (nSPS) is 12.5. The van der Waals surface area contributed by atoms with Crippen LogP contribution in [0.25, 0.3) is 149 Å². The number of benzene rings is 12. The summed E-state index contributed by atoms with van der Waals surface area (Å²) in [5.41, 5.74) is 5.81. The fraction of sp³-hybridized carbons (Fsp3) is 0.0526. The van der Waals surface area contributed by atoms with Crippen molar-refractivity contribution in [1.82, 2.24) is 22.8 Å². The highest BCUT2D eigenvalue weighted by atomic mass is 19.4. The Bertz CT molecular complexity index is 5280. The summed E-state index contributed by atoms with van der Waals surface area (Å²) in [4.78, 5) is 0. The SMILES string of the molecule is COc1ccc2c(c1)c1cc(OC)ccc1n2-c1c(-n2c3ccccc3c3ccccc32)c(-n2c3ccccc3c3ccccc32)c(-c2cc(C(F)(F)F)cc(C(F)(F)F)c2)c(-n2c3ccccc3c3ccccc32)c1-n1c2ccccc2c2ccccc21. The first-order chi connectivity index (χ1) is 43.4. The number of para-hydroxylation sites is 8. The molecule has 0 aliphatic rings. The topological polar surface area (TPSA) is 43.1 Å². The average molecular weight is 1180 g/mol. The van der Waals surface area contributed by atoms with Crippen LogP contribution in [0.1, 0.15) is 11.1 Å². The van der Waals surface area contributed by atoms with Crippen molar-refractivity contribution in [2.24, 2.45) is 0 Å². The maximum atomic E-state index is 16.2. The summed E-state index contributed by atoms with van der Waals surface area (Å²) >= 11 is 0. The van der Waals surface area contributed by atoms with Crippen molar-refractivity contribution in [3.05, 3.63) is 260 Å². The number of methoxy groups -OCH3 is 2. The third-order valence-electron chi connectivity index (χ3n) is 17.9. The molecule has 17 aromatic rings. The number of nitrogens with zero attached hydrogens (tertiary/aromatic N) is 5. The van der Waals surface area contributed by atoms with Crippen molar-refractivity contribution in [2.45, 2.75) is 12.4 Å². The Morgan fingerprint density at radius 1 is 0.247 bits per heavy atom. The minimum Gasteiger partial charge on any atom is -0.497 e. The van der Waals surface area contributed by atoms with Crippen LogP contribution in [0.3, 0.4) is 0 Å². The second kappa shape index (κ2) is 19.2. The zero-order valence-corrected chi connectivity index (χ0v) is 47.5. The molecule has 89 heavy (non-hydrogen) atoms. The average Bonchev–Trinajstić information content (AvgIpc) is 1.61. The Hall–Kier alpha value is -11.2. The van der Waals surface area contributed by atoms with E-state index in [1.165, 1.54) is 0 Å². The molecule has 0 aliphatic heterocycles. The third kappa shape index (κ3) is 7.54. The molecule has 430 valence electrons. The fourth-order valence-corrected chi connectivity index (χ4v) is 14.3. The van der Waals surface area contributed by atoms with Gasteiger partial charge in [0.05, 0.1) is 109 Å². The first kappa shape index (κ1) is 52.2. The van der Waals surface area contributed by atoms with Gasteiger partial charge in [0.1, 0.15) is 11.5 Å². The van der Waals surface area contributed by atoms with Gasteiger partial charge in [-0.15, -0.1) is 0 Å². The Morgan fingerprint density at radius 3 is 0.719 bits per heavy atom. The maximum Gasteiger partial charge on any atom is 0.416 e. The van der Waals surface area contributed by atoms with Crippen molar-refractivity contribution in [3.8, 4) is 51.1 Å². The second-order valence-electron chi connectivity index (χ2n) is 22.5. The molecule has 12 aromatic carbocycles. The molecule has 0 unspecified atom stereocenters. The van der Waals surface area contributed by atoms with Crippen LogP contribution >= 0.6 is 0 Å². The molecule has 7 nitrogen and oxygen atoms in total. The van der Waals surface area contributed by atoms with Crippen LogP contribution in [0.5, 0.6) is 11.5 Å². The molecule has 0 fully saturated rings. The minimum atomic E-state index is -5.24. The van der Waals surface area contributed by atoms with E-state index in [-0.39, 0.29) is 17.2 Å². The molecule has 0 spiro atoms. The van der Waals surface area contributed by atoms with E-state index in [1.807, 2.05) is 206 Å². The molecule has 13 heteroatoms. The highest BCUT2D eigenvalue weighted by Gasteiger charge is 2.41. The van der Waals surface area contributed by atoms with Gasteiger partial charge in [0.15, 0.2) is 0 Å². The van der Waals surface area contributed by atoms with Gasteiger partial charge in [-0.1, -0.05) is 146 Å². The van der Waals surface area contributed by atoms with E-state index in [4.69, 9.17) is 9.47 Å². The number of aromatic nitrogens is 5. The predicted octanol–water partition coefficient (Wildman–Crippen LogP) is 20.9. The highest BCUT2D eigenvalue weighted by molar-refractivity contribution is 6.19. The first-order valence-corrected chi connectivity index (χ1v) is 29.0. The second-order valence-corrected chi connectivity index (χ2v) is 22.5. The quantitative estimate of drug-likeness (QED) is 0.142. The highest BCUT2D eigenvalue weighted by Crippen LogP contribution is 2.55. The van der Waals surface area contributed by atoms with E-state index in [0.29, 0.717) is 73.0 Å². The molecule has 5 heterocycles. The molecule has 0 aliphatic carbocycles. The minimum absolute atomic E-state index is 0.0844. The van der Waals surface area contributed by atoms with Gasteiger partial charge in [0.25, 0.3) is 0 Å². The smallest absolute Gasteiger partial charge is 0.416 e. The summed E-state index contributed by atoms with van der Waals surface area (Å²) in [5.74, 6) is 1.17. The summed E-state index contributed by atoms with van der Waals surface area (Å²) in [6, 6.07) is 77.3. The van der Waals surface area contributed by atoms with E-state index in [2.05, 4.69) is 47.1 Å². The van der Waals surface area contributed by atoms with Gasteiger partial charge in [0, 0.05) is 59.4 Å². The molecule has 0 atom stereocenters. The largest absolute Gasteiger partial charge is 0.497 e. The van der Waals surface area contributed by atoms with Gasteiger partial charge >= 0.3 is 12.4 Å². The third-order valence-corrected chi connectivity index (χ3v) is 17.9. The van der Waals surface area contributed by atoms with Gasteiger partial charge in [-0.05, 0) is 109 Å². The molecule has 0 amide bonds. The number of alkyl halides is 6. The van der Waals surface area contributed by atoms with Gasteiger partial charge in [-0.3, -0.25) is 0 Å². The van der Waals surface area contributed by atoms with E-state index >= 15 is 26.3 Å². The fourth-order valence-electron chi connectivity index (χ4n) is 14.3. The van der Waals surface area contributed by atoms with Crippen LogP contribution in [0.4, 0.5) is 26.3 Å². The standard InChI is InChI=1S/C76H47F6N5O2/c1-88-47-35-37-67-57(42-47)58-43-48(89-2)36-38-68(58)87(67)74-72(85-63-31-15-7-23-53(63)54-24-8-16-32-64(54)85)70(83-59-27-11-3-19-49(59)50-20-4-12-28-60(50)83)69(44-39-45(75(77,78)79)41-46(40-44)76(80,81)82)71(84-61-29-13-5-21-51(61)52-22-6-14-30-62(52)84)73(74)86-65-33-17-9-25-55(65)56-26-10-18-34-66(56)86/h3-43H,1-2H3. The number of rotatable bonds is 8. The zero-order chi connectivity index (χ0) is 60.2. The summed E-state index contributed by atoms with van der Waals surface area (Å²) in [6.07, 6.45) is -10.5. The summed E-state index contributed by atoms with van der Waals surface area (Å²) < 4.78 is 120. The van der Waals surface area contributed by atoms with Crippen LogP contribution in [0.2, 0.25) is 0 Å². The van der Waals surface area contributed by atoms with E-state index < -0.39 is 23.5 Å². The Balaban J connectivity index is 1.31. The molecule has 5 aromatic heterocycles. The number of ether oxygens (including phenoxy) is 2. The van der Waals surface area contributed by atoms with Crippen molar-refractivity contribution in [1.29, 1.82) is 0 Å². The van der Waals surface area contributed by atoms with Gasteiger partial charge < -0.3 is 32.3 Å². The number of hydrogen-bond donors (Lipinski definition) is 0. The Morgan fingerprint density at radius 2 is 0.472 bits per heavy atom. The van der Waals surface area contributed by atoms with E-state index in [9.17, 15) is 0 Å². The monoisotopic (exact) mass is 1180 g/mol. The number of fused-ring (bicyclic) bond motifs is 15. The molecule has 0 saturated heterocycles. The van der Waals surface area contributed by atoms with Gasteiger partial charge in [-0.2, -0.15) is 26.3 Å². The van der Waals surface area contributed by atoms with E-state index in [1.54, 1.807) is 14.2 Å². The van der Waals surface area contributed by atoms with Crippen molar-refractivity contribution in [3.63, 3.8) is 0 Å². The van der Waals surface area contributed by atoms with Crippen LogP contribution in [0.15, 0.2) is 249 Å². The summed E-state index contributed by atoms with van der Waals surface area (Å²) in [5, 5.41) is 8.27. The van der Waals surface area contributed by atoms with Crippen LogP contribution in [0, 0.1) is 0 Å². The lowest BCUT2D eigenvalue weighted by atomic mass is 9.92. The maximum absolute atomic E-state index is 16.2. The predicted molar refractivity (Wildman–Crippen MR) is 347 cm³/mol. The summed E-state index contributed by atoms with van der Waals surface area (Å²) in [7, 11) is 3.24. The molecule has 0 N–H and O–H groups in total. The molecule has 0 radical (unpaired) electrons. The lowest BCUT2D eigenvalue weighted by Gasteiger charge is -2.32. The van der Waals surface area contributed by atoms with Crippen molar-refractivity contribution >= 4 is 109 Å².